The van der Waals surface area contributed by atoms with Crippen LogP contribution in [0.4, 0.5) is 0 Å². The minimum absolute atomic E-state index is 0.0492. The molecule has 0 aliphatic rings. The van der Waals surface area contributed by atoms with E-state index in [1.165, 1.54) is 11.8 Å². The lowest BCUT2D eigenvalue weighted by molar-refractivity contribution is -0.119. The fraction of sp³-hybridized carbons (Fsp3) is 0.526. The molecule has 1 aromatic heterocycles. The van der Waals surface area contributed by atoms with Gasteiger partial charge in [0.2, 0.25) is 5.91 Å². The highest BCUT2D eigenvalue weighted by Crippen LogP contribution is 2.18. The van der Waals surface area contributed by atoms with E-state index in [1.54, 1.807) is 17.7 Å². The van der Waals surface area contributed by atoms with Crippen LogP contribution in [0.5, 0.6) is 0 Å². The van der Waals surface area contributed by atoms with Gasteiger partial charge in [-0.2, -0.15) is 0 Å². The van der Waals surface area contributed by atoms with Crippen molar-refractivity contribution in [3.8, 4) is 0 Å². The first-order valence-corrected chi connectivity index (χ1v) is 9.81. The molecule has 0 aliphatic heterocycles. The molecular weight excluding hydrogens is 350 g/mol. The van der Waals surface area contributed by atoms with Crippen LogP contribution in [0.1, 0.15) is 27.2 Å². The van der Waals surface area contributed by atoms with Crippen LogP contribution in [-0.4, -0.2) is 41.0 Å². The highest BCUT2D eigenvalue weighted by molar-refractivity contribution is 7.99. The van der Waals surface area contributed by atoms with Gasteiger partial charge in [0, 0.05) is 19.7 Å². The van der Waals surface area contributed by atoms with Crippen molar-refractivity contribution in [2.45, 2.75) is 44.9 Å². The molecule has 0 fully saturated rings. The molecule has 0 bridgehead atoms. The zero-order valence-electron chi connectivity index (χ0n) is 15.8. The van der Waals surface area contributed by atoms with Gasteiger partial charge in [-0.25, -0.2) is 4.98 Å². The van der Waals surface area contributed by atoms with Crippen LogP contribution in [0.3, 0.4) is 0 Å². The topological polar surface area (TPSA) is 73.2 Å². The zero-order valence-corrected chi connectivity index (χ0v) is 16.6. The van der Waals surface area contributed by atoms with Crippen molar-refractivity contribution in [3.05, 3.63) is 34.6 Å². The summed E-state index contributed by atoms with van der Waals surface area (Å²) in [6.45, 7) is 7.19. The van der Waals surface area contributed by atoms with E-state index in [0.717, 1.165) is 6.42 Å². The summed E-state index contributed by atoms with van der Waals surface area (Å²) in [5.74, 6) is 0.585. The second-order valence-corrected chi connectivity index (χ2v) is 7.71. The van der Waals surface area contributed by atoms with Crippen LogP contribution in [0.15, 0.2) is 34.2 Å². The maximum atomic E-state index is 12.9. The summed E-state index contributed by atoms with van der Waals surface area (Å²) in [4.78, 5) is 29.6. The molecule has 0 saturated heterocycles. The molecule has 1 aromatic carbocycles. The first-order chi connectivity index (χ1) is 12.4. The Morgan fingerprint density at radius 2 is 2.04 bits per heavy atom. The standard InChI is InChI=1S/C19H27N3O3S/c1-13(2)9-10-22-18(24)15-7-5-6-8-16(15)21-19(22)26-12-17(23)20-14(3)11-25-4/h5-8,13-14H,9-12H2,1-4H3,(H,20,23). The molecule has 1 atom stereocenters. The maximum absolute atomic E-state index is 12.9. The molecule has 1 heterocycles. The van der Waals surface area contributed by atoms with Crippen molar-refractivity contribution in [2.75, 3.05) is 19.5 Å². The van der Waals surface area contributed by atoms with Crippen LogP contribution in [0.2, 0.25) is 0 Å². The lowest BCUT2D eigenvalue weighted by atomic mass is 10.1. The smallest absolute Gasteiger partial charge is 0.262 e. The van der Waals surface area contributed by atoms with E-state index >= 15 is 0 Å². The third-order valence-electron chi connectivity index (χ3n) is 3.91. The normalized spacial score (nSPS) is 12.5. The number of thioether (sulfide) groups is 1. The molecule has 142 valence electrons. The minimum atomic E-state index is -0.0997. The molecule has 2 rings (SSSR count). The van der Waals surface area contributed by atoms with Crippen LogP contribution in [0, 0.1) is 5.92 Å². The van der Waals surface area contributed by atoms with Gasteiger partial charge in [-0.15, -0.1) is 0 Å². The monoisotopic (exact) mass is 377 g/mol. The lowest BCUT2D eigenvalue weighted by Gasteiger charge is -2.15. The minimum Gasteiger partial charge on any atom is -0.383 e. The maximum Gasteiger partial charge on any atom is 0.262 e. The average Bonchev–Trinajstić information content (AvgIpc) is 2.59. The zero-order chi connectivity index (χ0) is 19.1. The van der Waals surface area contributed by atoms with Crippen LogP contribution < -0.4 is 10.9 Å². The Morgan fingerprint density at radius 3 is 2.73 bits per heavy atom. The van der Waals surface area contributed by atoms with E-state index in [0.29, 0.717) is 35.1 Å². The van der Waals surface area contributed by atoms with E-state index in [4.69, 9.17) is 4.74 Å². The predicted molar refractivity (Wildman–Crippen MR) is 106 cm³/mol. The third kappa shape index (κ3) is 5.57. The van der Waals surface area contributed by atoms with Crippen molar-refractivity contribution in [1.82, 2.24) is 14.9 Å². The summed E-state index contributed by atoms with van der Waals surface area (Å²) < 4.78 is 6.72. The summed E-state index contributed by atoms with van der Waals surface area (Å²) in [7, 11) is 1.60. The summed E-state index contributed by atoms with van der Waals surface area (Å²) in [5.41, 5.74) is 0.612. The van der Waals surface area contributed by atoms with Crippen LogP contribution >= 0.6 is 11.8 Å². The number of rotatable bonds is 9. The van der Waals surface area contributed by atoms with Gasteiger partial charge in [-0.05, 0) is 31.4 Å². The van der Waals surface area contributed by atoms with Crippen LogP contribution in [0.25, 0.3) is 10.9 Å². The van der Waals surface area contributed by atoms with Gasteiger partial charge in [-0.3, -0.25) is 14.2 Å². The Morgan fingerprint density at radius 1 is 1.31 bits per heavy atom. The molecule has 0 aliphatic carbocycles. The summed E-state index contributed by atoms with van der Waals surface area (Å²) >= 11 is 1.29. The molecule has 7 heteroatoms. The quantitative estimate of drug-likeness (QED) is 0.537. The number of methoxy groups -OCH3 is 1. The summed E-state index contributed by atoms with van der Waals surface area (Å²) in [5, 5.41) is 4.07. The molecule has 1 N–H and O–H groups in total. The summed E-state index contributed by atoms with van der Waals surface area (Å²) in [6.07, 6.45) is 0.880. The lowest BCUT2D eigenvalue weighted by Crippen LogP contribution is -2.36. The Kier molecular flexibility index (Phi) is 7.66. The number of hydrogen-bond donors (Lipinski definition) is 1. The second-order valence-electron chi connectivity index (χ2n) is 6.76. The predicted octanol–water partition coefficient (Wildman–Crippen LogP) is 2.69. The molecule has 6 nitrogen and oxygen atoms in total. The Bertz CT molecular complexity index is 804. The molecular formula is C19H27N3O3S. The Balaban J connectivity index is 2.22. The van der Waals surface area contributed by atoms with E-state index in [9.17, 15) is 9.59 Å². The fourth-order valence-corrected chi connectivity index (χ4v) is 3.42. The number of amides is 1. The van der Waals surface area contributed by atoms with Gasteiger partial charge in [0.25, 0.3) is 5.56 Å². The average molecular weight is 378 g/mol. The summed E-state index contributed by atoms with van der Waals surface area (Å²) in [6, 6.07) is 7.27. The number of nitrogens with zero attached hydrogens (tertiary/aromatic N) is 2. The Labute approximate surface area is 158 Å². The number of ether oxygens (including phenoxy) is 1. The van der Waals surface area contributed by atoms with E-state index in [2.05, 4.69) is 24.1 Å². The molecule has 0 radical (unpaired) electrons. The first-order valence-electron chi connectivity index (χ1n) is 8.83. The van der Waals surface area contributed by atoms with E-state index < -0.39 is 0 Å². The number of carbonyl (C=O) groups is 1. The second kappa shape index (κ2) is 9.73. The Hall–Kier alpha value is -1.86. The van der Waals surface area contributed by atoms with Crippen molar-refractivity contribution in [2.24, 2.45) is 5.92 Å². The van der Waals surface area contributed by atoms with Gasteiger partial charge >= 0.3 is 0 Å². The van der Waals surface area contributed by atoms with Crippen molar-refractivity contribution < 1.29 is 9.53 Å². The van der Waals surface area contributed by atoms with Crippen molar-refractivity contribution in [3.63, 3.8) is 0 Å². The molecule has 0 saturated carbocycles. The number of fused-ring (bicyclic) bond motifs is 1. The SMILES string of the molecule is COCC(C)NC(=O)CSc1nc2ccccc2c(=O)n1CCC(C)C. The number of carbonyl (C=O) groups excluding carboxylic acids is 1. The van der Waals surface area contributed by atoms with Gasteiger partial charge < -0.3 is 10.1 Å². The third-order valence-corrected chi connectivity index (χ3v) is 4.89. The molecule has 2 aromatic rings. The molecule has 1 amide bonds. The first kappa shape index (κ1) is 20.5. The highest BCUT2D eigenvalue weighted by atomic mass is 32.2. The number of benzene rings is 1. The van der Waals surface area contributed by atoms with Gasteiger partial charge in [-0.1, -0.05) is 37.7 Å². The van der Waals surface area contributed by atoms with E-state index in [1.807, 2.05) is 25.1 Å². The van der Waals surface area contributed by atoms with Crippen molar-refractivity contribution in [1.29, 1.82) is 0 Å². The highest BCUT2D eigenvalue weighted by Gasteiger charge is 2.14. The van der Waals surface area contributed by atoms with Crippen molar-refractivity contribution >= 4 is 28.6 Å². The molecule has 26 heavy (non-hydrogen) atoms. The number of hydrogen-bond acceptors (Lipinski definition) is 5. The molecule has 1 unspecified atom stereocenters. The fourth-order valence-electron chi connectivity index (χ4n) is 2.58. The number of aromatic nitrogens is 2. The van der Waals surface area contributed by atoms with Crippen LogP contribution in [-0.2, 0) is 16.1 Å². The number of para-hydroxylation sites is 1. The number of nitrogens with one attached hydrogen (secondary N) is 1. The van der Waals surface area contributed by atoms with Gasteiger partial charge in [0.05, 0.1) is 23.3 Å². The van der Waals surface area contributed by atoms with Gasteiger partial charge in [0.1, 0.15) is 0 Å². The molecule has 0 spiro atoms. The largest absolute Gasteiger partial charge is 0.383 e. The van der Waals surface area contributed by atoms with Gasteiger partial charge in [0.15, 0.2) is 5.16 Å². The van der Waals surface area contributed by atoms with E-state index in [-0.39, 0.29) is 23.3 Å².